The Morgan fingerprint density at radius 3 is 1.96 bits per heavy atom. The Bertz CT molecular complexity index is 722. The number of hydrazine groups is 1. The van der Waals surface area contributed by atoms with Crippen LogP contribution in [0.4, 0.5) is 0 Å². The predicted molar refractivity (Wildman–Crippen MR) is 91.6 cm³/mol. The lowest BCUT2D eigenvalue weighted by Gasteiger charge is -2.23. The van der Waals surface area contributed by atoms with Crippen molar-refractivity contribution in [3.05, 3.63) is 96.1 Å². The summed E-state index contributed by atoms with van der Waals surface area (Å²) >= 11 is 0. The number of aromatic nitrogens is 2. The number of rotatable bonds is 6. The van der Waals surface area contributed by atoms with E-state index < -0.39 is 0 Å². The van der Waals surface area contributed by atoms with Gasteiger partial charge in [-0.2, -0.15) is 0 Å². The molecule has 0 saturated carbocycles. The van der Waals surface area contributed by atoms with Crippen LogP contribution in [0.25, 0.3) is 0 Å². The van der Waals surface area contributed by atoms with Crippen LogP contribution < -0.4 is 5.43 Å². The van der Waals surface area contributed by atoms with Crippen LogP contribution >= 0.6 is 0 Å². The number of nitrogens with one attached hydrogen (secondary N) is 1. The molecule has 120 valence electrons. The van der Waals surface area contributed by atoms with Gasteiger partial charge in [0.1, 0.15) is 5.69 Å². The van der Waals surface area contributed by atoms with Crippen molar-refractivity contribution in [3.8, 4) is 0 Å². The molecule has 0 fully saturated rings. The van der Waals surface area contributed by atoms with E-state index in [2.05, 4.69) is 15.4 Å². The van der Waals surface area contributed by atoms with Gasteiger partial charge in [0.2, 0.25) is 0 Å². The molecule has 1 N–H and O–H groups in total. The molecule has 5 heteroatoms. The molecule has 0 saturated heterocycles. The van der Waals surface area contributed by atoms with Crippen molar-refractivity contribution in [2.75, 3.05) is 0 Å². The molecular formula is C19H18N4O. The second-order valence-corrected chi connectivity index (χ2v) is 5.36. The number of amides is 1. The van der Waals surface area contributed by atoms with E-state index in [4.69, 9.17) is 0 Å². The van der Waals surface area contributed by atoms with Gasteiger partial charge in [-0.05, 0) is 11.1 Å². The van der Waals surface area contributed by atoms with Gasteiger partial charge in [0, 0.05) is 25.5 Å². The van der Waals surface area contributed by atoms with E-state index in [9.17, 15) is 4.79 Å². The molecule has 1 heterocycles. The van der Waals surface area contributed by atoms with Gasteiger partial charge in [-0.15, -0.1) is 0 Å². The molecule has 0 aliphatic heterocycles. The molecule has 5 nitrogen and oxygen atoms in total. The molecule has 0 bridgehead atoms. The molecule has 24 heavy (non-hydrogen) atoms. The lowest BCUT2D eigenvalue weighted by Crippen LogP contribution is -2.41. The van der Waals surface area contributed by atoms with Crippen LogP contribution in [-0.4, -0.2) is 20.9 Å². The third kappa shape index (κ3) is 4.47. The summed E-state index contributed by atoms with van der Waals surface area (Å²) in [5.74, 6) is -0.269. The summed E-state index contributed by atoms with van der Waals surface area (Å²) in [6, 6.07) is 20.0. The quantitative estimate of drug-likeness (QED) is 0.710. The molecule has 0 spiro atoms. The Hall–Kier alpha value is -3.05. The van der Waals surface area contributed by atoms with Crippen molar-refractivity contribution in [1.29, 1.82) is 0 Å². The molecule has 0 atom stereocenters. The first-order chi connectivity index (χ1) is 11.8. The average Bonchev–Trinajstić information content (AvgIpc) is 2.64. The van der Waals surface area contributed by atoms with E-state index in [-0.39, 0.29) is 5.91 Å². The fraction of sp³-hybridized carbons (Fsp3) is 0.105. The van der Waals surface area contributed by atoms with E-state index in [0.29, 0.717) is 18.8 Å². The summed E-state index contributed by atoms with van der Waals surface area (Å²) in [7, 11) is 0. The SMILES string of the molecule is O=C(NN(Cc1ccccc1)Cc1ccccc1)c1cnccn1. The number of nitrogens with zero attached hydrogens (tertiary/aromatic N) is 3. The molecule has 3 rings (SSSR count). The normalized spacial score (nSPS) is 10.5. The van der Waals surface area contributed by atoms with Gasteiger partial charge in [-0.25, -0.2) is 9.99 Å². The number of carbonyl (C=O) groups is 1. The van der Waals surface area contributed by atoms with Gasteiger partial charge < -0.3 is 0 Å². The molecule has 3 aromatic rings. The van der Waals surface area contributed by atoms with Crippen molar-refractivity contribution in [2.24, 2.45) is 0 Å². The predicted octanol–water partition coefficient (Wildman–Crippen LogP) is 2.82. The zero-order valence-electron chi connectivity index (χ0n) is 13.2. The van der Waals surface area contributed by atoms with Gasteiger partial charge in [0.25, 0.3) is 5.91 Å². The maximum Gasteiger partial charge on any atom is 0.285 e. The Morgan fingerprint density at radius 2 is 1.46 bits per heavy atom. The summed E-state index contributed by atoms with van der Waals surface area (Å²) in [5, 5.41) is 1.88. The maximum absolute atomic E-state index is 12.4. The minimum absolute atomic E-state index is 0.269. The van der Waals surface area contributed by atoms with Crippen LogP contribution in [0.1, 0.15) is 21.6 Å². The monoisotopic (exact) mass is 318 g/mol. The van der Waals surface area contributed by atoms with E-state index in [1.807, 2.05) is 65.7 Å². The lowest BCUT2D eigenvalue weighted by atomic mass is 10.2. The Morgan fingerprint density at radius 1 is 0.875 bits per heavy atom. The van der Waals surface area contributed by atoms with Crippen molar-refractivity contribution in [3.63, 3.8) is 0 Å². The number of hydrogen-bond acceptors (Lipinski definition) is 4. The molecule has 0 unspecified atom stereocenters. The molecule has 0 aliphatic carbocycles. The first kappa shape index (κ1) is 15.8. The molecule has 0 aliphatic rings. The Balaban J connectivity index is 1.75. The molecular weight excluding hydrogens is 300 g/mol. The van der Waals surface area contributed by atoms with Crippen LogP contribution in [0.5, 0.6) is 0 Å². The second-order valence-electron chi connectivity index (χ2n) is 5.36. The van der Waals surface area contributed by atoms with Crippen LogP contribution in [-0.2, 0) is 13.1 Å². The highest BCUT2D eigenvalue weighted by Crippen LogP contribution is 2.08. The van der Waals surface area contributed by atoms with Crippen molar-refractivity contribution < 1.29 is 4.79 Å². The smallest absolute Gasteiger partial charge is 0.283 e. The first-order valence-electron chi connectivity index (χ1n) is 7.71. The number of hydrogen-bond donors (Lipinski definition) is 1. The van der Waals surface area contributed by atoms with Crippen LogP contribution in [0.15, 0.2) is 79.3 Å². The fourth-order valence-corrected chi connectivity index (χ4v) is 2.36. The largest absolute Gasteiger partial charge is 0.285 e. The zero-order valence-corrected chi connectivity index (χ0v) is 13.2. The van der Waals surface area contributed by atoms with Crippen LogP contribution in [0.2, 0.25) is 0 Å². The highest BCUT2D eigenvalue weighted by atomic mass is 16.2. The fourth-order valence-electron chi connectivity index (χ4n) is 2.36. The standard InChI is InChI=1S/C19H18N4O/c24-19(18-13-20-11-12-21-18)22-23(14-16-7-3-1-4-8-16)15-17-9-5-2-6-10-17/h1-13H,14-15H2,(H,22,24). The summed E-state index contributed by atoms with van der Waals surface area (Å²) in [6.45, 7) is 1.20. The molecule has 1 aromatic heterocycles. The van der Waals surface area contributed by atoms with Crippen molar-refractivity contribution >= 4 is 5.91 Å². The topological polar surface area (TPSA) is 58.1 Å². The molecule has 0 radical (unpaired) electrons. The highest BCUT2D eigenvalue weighted by molar-refractivity contribution is 5.91. The Labute approximate surface area is 141 Å². The maximum atomic E-state index is 12.4. The van der Waals surface area contributed by atoms with Crippen molar-refractivity contribution in [1.82, 2.24) is 20.4 Å². The van der Waals surface area contributed by atoms with Gasteiger partial charge >= 0.3 is 0 Å². The minimum atomic E-state index is -0.269. The third-order valence-electron chi connectivity index (χ3n) is 3.49. The summed E-state index contributed by atoms with van der Waals surface area (Å²) in [6.07, 6.45) is 4.51. The summed E-state index contributed by atoms with van der Waals surface area (Å²) < 4.78 is 0. The minimum Gasteiger partial charge on any atom is -0.283 e. The van der Waals surface area contributed by atoms with E-state index in [0.717, 1.165) is 11.1 Å². The average molecular weight is 318 g/mol. The van der Waals surface area contributed by atoms with Crippen molar-refractivity contribution in [2.45, 2.75) is 13.1 Å². The zero-order chi connectivity index (χ0) is 16.6. The number of carbonyl (C=O) groups excluding carboxylic acids is 1. The number of benzene rings is 2. The third-order valence-corrected chi connectivity index (χ3v) is 3.49. The van der Waals surface area contributed by atoms with E-state index in [1.54, 1.807) is 6.20 Å². The second kappa shape index (κ2) is 7.99. The van der Waals surface area contributed by atoms with Gasteiger partial charge in [0.15, 0.2) is 0 Å². The summed E-state index contributed by atoms with van der Waals surface area (Å²) in [4.78, 5) is 20.4. The van der Waals surface area contributed by atoms with Gasteiger partial charge in [0.05, 0.1) is 6.20 Å². The van der Waals surface area contributed by atoms with E-state index >= 15 is 0 Å². The first-order valence-corrected chi connectivity index (χ1v) is 7.71. The summed E-state index contributed by atoms with van der Waals surface area (Å²) in [5.41, 5.74) is 5.45. The van der Waals surface area contributed by atoms with E-state index in [1.165, 1.54) is 12.4 Å². The van der Waals surface area contributed by atoms with Gasteiger partial charge in [-0.3, -0.25) is 15.2 Å². The van der Waals surface area contributed by atoms with Crippen LogP contribution in [0.3, 0.4) is 0 Å². The van der Waals surface area contributed by atoms with Crippen LogP contribution in [0, 0.1) is 0 Å². The van der Waals surface area contributed by atoms with Gasteiger partial charge in [-0.1, -0.05) is 60.7 Å². The Kier molecular flexibility index (Phi) is 5.27. The molecule has 1 amide bonds. The lowest BCUT2D eigenvalue weighted by molar-refractivity contribution is 0.0753. The highest BCUT2D eigenvalue weighted by Gasteiger charge is 2.13. The molecule has 2 aromatic carbocycles.